The van der Waals surface area contributed by atoms with Crippen LogP contribution in [0.25, 0.3) is 0 Å². The molecule has 0 aliphatic heterocycles. The molecule has 0 saturated carbocycles. The van der Waals surface area contributed by atoms with Gasteiger partial charge in [-0.25, -0.2) is 0 Å². The Hall–Kier alpha value is -2.36. The summed E-state index contributed by atoms with van der Waals surface area (Å²) < 4.78 is 37.1. The molecule has 22 heavy (non-hydrogen) atoms. The van der Waals surface area contributed by atoms with E-state index in [4.69, 9.17) is 10.8 Å². The SMILES string of the molecule is CCN(C[C@H](O)C(F)(F)F)C(=O)c1cc([N+](=O)[O-])ccc1N. The van der Waals surface area contributed by atoms with Gasteiger partial charge in [0.25, 0.3) is 11.6 Å². The summed E-state index contributed by atoms with van der Waals surface area (Å²) in [5.41, 5.74) is 4.74. The van der Waals surface area contributed by atoms with Crippen molar-refractivity contribution in [1.82, 2.24) is 4.90 Å². The van der Waals surface area contributed by atoms with Crippen LogP contribution in [-0.2, 0) is 0 Å². The Morgan fingerprint density at radius 2 is 2.09 bits per heavy atom. The molecule has 0 aliphatic rings. The minimum absolute atomic E-state index is 0.101. The van der Waals surface area contributed by atoms with Gasteiger partial charge in [0.15, 0.2) is 6.10 Å². The number of likely N-dealkylation sites (N-methyl/N-ethyl adjacent to an activating group) is 1. The van der Waals surface area contributed by atoms with Crippen molar-refractivity contribution >= 4 is 17.3 Å². The van der Waals surface area contributed by atoms with Gasteiger partial charge >= 0.3 is 6.18 Å². The predicted octanol–water partition coefficient (Wildman–Crippen LogP) is 1.56. The fourth-order valence-electron chi connectivity index (χ4n) is 1.68. The maximum Gasteiger partial charge on any atom is 0.416 e. The Balaban J connectivity index is 3.07. The first kappa shape index (κ1) is 17.7. The summed E-state index contributed by atoms with van der Waals surface area (Å²) in [6.07, 6.45) is -7.58. The fourth-order valence-corrected chi connectivity index (χ4v) is 1.68. The number of carbonyl (C=O) groups is 1. The summed E-state index contributed by atoms with van der Waals surface area (Å²) in [5.74, 6) is -0.924. The normalized spacial score (nSPS) is 12.8. The molecule has 3 N–H and O–H groups in total. The van der Waals surface area contributed by atoms with Gasteiger partial charge in [-0.1, -0.05) is 0 Å². The Bertz CT molecular complexity index is 577. The lowest BCUT2D eigenvalue weighted by molar-refractivity contribution is -0.384. The van der Waals surface area contributed by atoms with E-state index in [-0.39, 0.29) is 17.8 Å². The van der Waals surface area contributed by atoms with Gasteiger partial charge in [-0.15, -0.1) is 0 Å². The van der Waals surface area contributed by atoms with Crippen molar-refractivity contribution in [3.8, 4) is 0 Å². The van der Waals surface area contributed by atoms with E-state index in [0.29, 0.717) is 4.90 Å². The zero-order chi connectivity index (χ0) is 17.1. The largest absolute Gasteiger partial charge is 0.416 e. The molecule has 0 bridgehead atoms. The molecule has 0 aromatic heterocycles. The third kappa shape index (κ3) is 4.07. The quantitative estimate of drug-likeness (QED) is 0.486. The summed E-state index contributed by atoms with van der Waals surface area (Å²) in [6, 6.07) is 3.09. The highest BCUT2D eigenvalue weighted by atomic mass is 19.4. The average molecular weight is 321 g/mol. The zero-order valence-electron chi connectivity index (χ0n) is 11.5. The van der Waals surface area contributed by atoms with Crippen molar-refractivity contribution in [2.45, 2.75) is 19.2 Å². The van der Waals surface area contributed by atoms with Crippen LogP contribution in [0.4, 0.5) is 24.5 Å². The number of nitrogen functional groups attached to an aromatic ring is 1. The number of halogens is 3. The standard InChI is InChI=1S/C12H14F3N3O4/c1-2-17(6-10(19)12(13,14)15)11(20)8-5-7(18(21)22)3-4-9(8)16/h3-5,10,19H,2,6,16H2,1H3/t10-/m0/s1. The molecule has 1 atom stereocenters. The Labute approximate surface area is 123 Å². The number of rotatable bonds is 5. The van der Waals surface area contributed by atoms with Crippen LogP contribution in [0.2, 0.25) is 0 Å². The number of nitrogens with two attached hydrogens (primary N) is 1. The van der Waals surface area contributed by atoms with Crippen molar-refractivity contribution in [3.05, 3.63) is 33.9 Å². The van der Waals surface area contributed by atoms with Crippen molar-refractivity contribution in [3.63, 3.8) is 0 Å². The van der Waals surface area contributed by atoms with Crippen molar-refractivity contribution in [2.24, 2.45) is 0 Å². The fraction of sp³-hybridized carbons (Fsp3) is 0.417. The van der Waals surface area contributed by atoms with Gasteiger partial charge in [0.05, 0.1) is 17.0 Å². The number of anilines is 1. The van der Waals surface area contributed by atoms with Crippen LogP contribution in [0.1, 0.15) is 17.3 Å². The van der Waals surface area contributed by atoms with E-state index in [0.717, 1.165) is 18.2 Å². The van der Waals surface area contributed by atoms with Gasteiger partial charge in [0, 0.05) is 24.4 Å². The molecule has 0 heterocycles. The highest BCUT2D eigenvalue weighted by molar-refractivity contribution is 5.99. The summed E-state index contributed by atoms with van der Waals surface area (Å²) in [5, 5.41) is 19.7. The number of nitro groups is 1. The molecule has 7 nitrogen and oxygen atoms in total. The minimum Gasteiger partial charge on any atom is -0.398 e. The number of aliphatic hydroxyl groups is 1. The number of non-ortho nitro benzene ring substituents is 1. The molecule has 10 heteroatoms. The van der Waals surface area contributed by atoms with Crippen LogP contribution < -0.4 is 5.73 Å². The number of nitrogens with zero attached hydrogens (tertiary/aromatic N) is 2. The molecule has 0 radical (unpaired) electrons. The van der Waals surface area contributed by atoms with E-state index >= 15 is 0 Å². The van der Waals surface area contributed by atoms with Crippen LogP contribution in [0.3, 0.4) is 0 Å². The Morgan fingerprint density at radius 1 is 1.50 bits per heavy atom. The maximum absolute atomic E-state index is 12.4. The molecule has 1 amide bonds. The molecule has 1 rings (SSSR count). The van der Waals surface area contributed by atoms with Crippen molar-refractivity contribution < 1.29 is 28.0 Å². The first-order chi connectivity index (χ1) is 10.1. The van der Waals surface area contributed by atoms with Crippen LogP contribution in [0.5, 0.6) is 0 Å². The lowest BCUT2D eigenvalue weighted by Crippen LogP contribution is -2.43. The monoisotopic (exact) mass is 321 g/mol. The van der Waals surface area contributed by atoms with Gasteiger partial charge in [-0.3, -0.25) is 14.9 Å². The first-order valence-electron chi connectivity index (χ1n) is 6.15. The number of hydrogen-bond donors (Lipinski definition) is 2. The Kier molecular flexibility index (Phi) is 5.31. The number of nitro benzene ring substituents is 1. The molecule has 1 aromatic rings. The van der Waals surface area contributed by atoms with Crippen LogP contribution in [0, 0.1) is 10.1 Å². The molecular formula is C12H14F3N3O4. The number of amides is 1. The van der Waals surface area contributed by atoms with Gasteiger partial charge < -0.3 is 15.7 Å². The van der Waals surface area contributed by atoms with Gasteiger partial charge in [-0.2, -0.15) is 13.2 Å². The van der Waals surface area contributed by atoms with E-state index in [1.165, 1.54) is 6.92 Å². The third-order valence-electron chi connectivity index (χ3n) is 2.92. The van der Waals surface area contributed by atoms with E-state index in [1.54, 1.807) is 0 Å². The molecule has 0 saturated heterocycles. The average Bonchev–Trinajstić information content (AvgIpc) is 2.42. The highest BCUT2D eigenvalue weighted by Gasteiger charge is 2.40. The lowest BCUT2D eigenvalue weighted by atomic mass is 10.1. The number of carbonyl (C=O) groups excluding carboxylic acids is 1. The molecule has 1 aromatic carbocycles. The van der Waals surface area contributed by atoms with Crippen molar-refractivity contribution in [1.29, 1.82) is 0 Å². The number of benzene rings is 1. The molecular weight excluding hydrogens is 307 g/mol. The molecule has 0 spiro atoms. The summed E-state index contributed by atoms with van der Waals surface area (Å²) in [7, 11) is 0. The number of aliphatic hydroxyl groups excluding tert-OH is 1. The number of hydrogen-bond acceptors (Lipinski definition) is 5. The predicted molar refractivity (Wildman–Crippen MR) is 71.1 cm³/mol. The summed E-state index contributed by atoms with van der Waals surface area (Å²) in [4.78, 5) is 22.8. The van der Waals surface area contributed by atoms with Crippen LogP contribution in [0.15, 0.2) is 18.2 Å². The van der Waals surface area contributed by atoms with Crippen molar-refractivity contribution in [2.75, 3.05) is 18.8 Å². The third-order valence-corrected chi connectivity index (χ3v) is 2.92. The van der Waals surface area contributed by atoms with E-state index < -0.39 is 35.3 Å². The molecule has 0 fully saturated rings. The molecule has 0 unspecified atom stereocenters. The second kappa shape index (κ2) is 6.60. The van der Waals surface area contributed by atoms with Gasteiger partial charge in [0.1, 0.15) is 0 Å². The van der Waals surface area contributed by atoms with E-state index in [9.17, 15) is 28.1 Å². The maximum atomic E-state index is 12.4. The summed E-state index contributed by atoms with van der Waals surface area (Å²) >= 11 is 0. The summed E-state index contributed by atoms with van der Waals surface area (Å²) in [6.45, 7) is 0.295. The minimum atomic E-state index is -4.87. The second-order valence-electron chi connectivity index (χ2n) is 4.43. The van der Waals surface area contributed by atoms with Gasteiger partial charge in [0.2, 0.25) is 0 Å². The lowest BCUT2D eigenvalue weighted by Gasteiger charge is -2.25. The smallest absolute Gasteiger partial charge is 0.398 e. The second-order valence-corrected chi connectivity index (χ2v) is 4.43. The molecule has 122 valence electrons. The van der Waals surface area contributed by atoms with Crippen LogP contribution in [-0.4, -0.2) is 46.2 Å². The van der Waals surface area contributed by atoms with E-state index in [2.05, 4.69) is 0 Å². The zero-order valence-corrected chi connectivity index (χ0v) is 11.5. The first-order valence-corrected chi connectivity index (χ1v) is 6.15. The van der Waals surface area contributed by atoms with Crippen LogP contribution >= 0.6 is 0 Å². The van der Waals surface area contributed by atoms with Gasteiger partial charge in [-0.05, 0) is 13.0 Å². The van der Waals surface area contributed by atoms with E-state index in [1.807, 2.05) is 0 Å². The number of alkyl halides is 3. The Morgan fingerprint density at radius 3 is 2.55 bits per heavy atom. The molecule has 0 aliphatic carbocycles. The topological polar surface area (TPSA) is 110 Å². The highest BCUT2D eigenvalue weighted by Crippen LogP contribution is 2.24.